The summed E-state index contributed by atoms with van der Waals surface area (Å²) in [5.74, 6) is 0.970. The molecular formula is C17H17N3O2S2. The standard InChI is InChI=1S/C17H17N3O2S2/c21-17(16-4-2-10-24-16)20-7-5-19(6-8-20)12-13-11-14(22-18-13)15-3-1-9-23-15/h1-4,9-11H,5-8,12H2. The van der Waals surface area contributed by atoms with Gasteiger partial charge in [0.25, 0.3) is 5.91 Å². The molecule has 3 aromatic rings. The van der Waals surface area contributed by atoms with E-state index in [1.54, 1.807) is 11.3 Å². The Bertz CT molecular complexity index is 788. The summed E-state index contributed by atoms with van der Waals surface area (Å²) in [6.07, 6.45) is 0. The molecule has 24 heavy (non-hydrogen) atoms. The molecular weight excluding hydrogens is 342 g/mol. The van der Waals surface area contributed by atoms with Crippen molar-refractivity contribution in [3.05, 3.63) is 51.7 Å². The number of hydrogen-bond donors (Lipinski definition) is 0. The summed E-state index contributed by atoms with van der Waals surface area (Å²) in [5.41, 5.74) is 0.941. The van der Waals surface area contributed by atoms with E-state index < -0.39 is 0 Å². The first-order valence-electron chi connectivity index (χ1n) is 7.84. The quantitative estimate of drug-likeness (QED) is 0.716. The minimum absolute atomic E-state index is 0.145. The molecule has 0 N–H and O–H groups in total. The van der Waals surface area contributed by atoms with E-state index >= 15 is 0 Å². The summed E-state index contributed by atoms with van der Waals surface area (Å²) in [7, 11) is 0. The van der Waals surface area contributed by atoms with Crippen molar-refractivity contribution >= 4 is 28.6 Å². The van der Waals surface area contributed by atoms with Gasteiger partial charge in [0.05, 0.1) is 15.4 Å². The maximum absolute atomic E-state index is 12.4. The molecule has 0 aromatic carbocycles. The van der Waals surface area contributed by atoms with Gasteiger partial charge in [0.1, 0.15) is 0 Å². The molecule has 7 heteroatoms. The molecule has 1 amide bonds. The van der Waals surface area contributed by atoms with Crippen LogP contribution in [0.25, 0.3) is 10.6 Å². The minimum atomic E-state index is 0.145. The van der Waals surface area contributed by atoms with Crippen LogP contribution in [-0.4, -0.2) is 47.0 Å². The summed E-state index contributed by atoms with van der Waals surface area (Å²) in [6, 6.07) is 9.86. The highest BCUT2D eigenvalue weighted by Gasteiger charge is 2.23. The third-order valence-electron chi connectivity index (χ3n) is 4.10. The molecule has 124 valence electrons. The average molecular weight is 359 g/mol. The third kappa shape index (κ3) is 3.28. The van der Waals surface area contributed by atoms with Gasteiger partial charge in [0.15, 0.2) is 5.76 Å². The Labute approximate surface area is 148 Å². The van der Waals surface area contributed by atoms with Crippen LogP contribution >= 0.6 is 22.7 Å². The Hall–Kier alpha value is -1.96. The Morgan fingerprint density at radius 1 is 1.12 bits per heavy atom. The number of hydrogen-bond acceptors (Lipinski definition) is 6. The number of carbonyl (C=O) groups is 1. The Kier molecular flexibility index (Phi) is 4.46. The number of amides is 1. The van der Waals surface area contributed by atoms with Gasteiger partial charge in [-0.3, -0.25) is 9.69 Å². The fourth-order valence-corrected chi connectivity index (χ4v) is 4.18. The predicted molar refractivity (Wildman–Crippen MR) is 95.3 cm³/mol. The van der Waals surface area contributed by atoms with Crippen molar-refractivity contribution in [3.8, 4) is 10.6 Å². The molecule has 3 aromatic heterocycles. The Balaban J connectivity index is 1.33. The van der Waals surface area contributed by atoms with Crippen LogP contribution in [0.2, 0.25) is 0 Å². The van der Waals surface area contributed by atoms with E-state index in [2.05, 4.69) is 10.1 Å². The molecule has 0 radical (unpaired) electrons. The number of rotatable bonds is 4. The number of carbonyl (C=O) groups excluding carboxylic acids is 1. The summed E-state index contributed by atoms with van der Waals surface area (Å²) in [5, 5.41) is 8.14. The first kappa shape index (κ1) is 15.6. The fourth-order valence-electron chi connectivity index (χ4n) is 2.82. The van der Waals surface area contributed by atoms with E-state index in [1.165, 1.54) is 11.3 Å². The zero-order chi connectivity index (χ0) is 16.4. The van der Waals surface area contributed by atoms with Gasteiger partial charge in [0.2, 0.25) is 0 Å². The topological polar surface area (TPSA) is 49.6 Å². The normalized spacial score (nSPS) is 15.8. The molecule has 5 nitrogen and oxygen atoms in total. The van der Waals surface area contributed by atoms with Crippen molar-refractivity contribution in [2.45, 2.75) is 6.54 Å². The molecule has 0 unspecified atom stereocenters. The van der Waals surface area contributed by atoms with Crippen LogP contribution in [-0.2, 0) is 6.54 Å². The summed E-state index contributed by atoms with van der Waals surface area (Å²) >= 11 is 3.15. The number of nitrogens with zero attached hydrogens (tertiary/aromatic N) is 3. The predicted octanol–water partition coefficient (Wildman–Crippen LogP) is 3.42. The molecule has 1 aliphatic rings. The van der Waals surface area contributed by atoms with E-state index in [-0.39, 0.29) is 5.91 Å². The van der Waals surface area contributed by atoms with Crippen LogP contribution in [0.15, 0.2) is 45.6 Å². The first-order chi connectivity index (χ1) is 11.8. The monoisotopic (exact) mass is 359 g/mol. The lowest BCUT2D eigenvalue weighted by Crippen LogP contribution is -2.48. The molecule has 1 saturated heterocycles. The van der Waals surface area contributed by atoms with Crippen molar-refractivity contribution in [1.82, 2.24) is 15.0 Å². The minimum Gasteiger partial charge on any atom is -0.355 e. The van der Waals surface area contributed by atoms with Gasteiger partial charge in [0, 0.05) is 38.8 Å². The van der Waals surface area contributed by atoms with Crippen molar-refractivity contribution in [3.63, 3.8) is 0 Å². The van der Waals surface area contributed by atoms with Gasteiger partial charge in [-0.2, -0.15) is 0 Å². The van der Waals surface area contributed by atoms with Crippen LogP contribution in [0.1, 0.15) is 15.4 Å². The zero-order valence-electron chi connectivity index (χ0n) is 13.1. The van der Waals surface area contributed by atoms with Crippen LogP contribution in [0, 0.1) is 0 Å². The van der Waals surface area contributed by atoms with Crippen molar-refractivity contribution in [1.29, 1.82) is 0 Å². The van der Waals surface area contributed by atoms with E-state index in [0.717, 1.165) is 53.9 Å². The molecule has 4 rings (SSSR count). The Morgan fingerprint density at radius 3 is 2.62 bits per heavy atom. The molecule has 0 saturated carbocycles. The number of piperazine rings is 1. The van der Waals surface area contributed by atoms with Crippen LogP contribution in [0.3, 0.4) is 0 Å². The van der Waals surface area contributed by atoms with E-state index in [1.807, 2.05) is 46.0 Å². The highest BCUT2D eigenvalue weighted by Crippen LogP contribution is 2.25. The maximum atomic E-state index is 12.4. The third-order valence-corrected chi connectivity index (χ3v) is 5.84. The second-order valence-corrected chi connectivity index (χ2v) is 7.60. The molecule has 0 atom stereocenters. The molecule has 4 heterocycles. The zero-order valence-corrected chi connectivity index (χ0v) is 14.7. The van der Waals surface area contributed by atoms with Gasteiger partial charge >= 0.3 is 0 Å². The fraction of sp³-hybridized carbons (Fsp3) is 0.294. The molecule has 0 aliphatic carbocycles. The van der Waals surface area contributed by atoms with Crippen LogP contribution in [0.4, 0.5) is 0 Å². The lowest BCUT2D eigenvalue weighted by molar-refractivity contribution is 0.0630. The lowest BCUT2D eigenvalue weighted by Gasteiger charge is -2.34. The largest absolute Gasteiger partial charge is 0.355 e. The summed E-state index contributed by atoms with van der Waals surface area (Å²) < 4.78 is 5.43. The number of aromatic nitrogens is 1. The summed E-state index contributed by atoms with van der Waals surface area (Å²) in [6.45, 7) is 3.99. The molecule has 0 bridgehead atoms. The SMILES string of the molecule is O=C(c1cccs1)N1CCN(Cc2cc(-c3cccs3)on2)CC1. The van der Waals surface area contributed by atoms with Crippen molar-refractivity contribution in [2.75, 3.05) is 26.2 Å². The maximum Gasteiger partial charge on any atom is 0.264 e. The van der Waals surface area contributed by atoms with Crippen LogP contribution in [0.5, 0.6) is 0 Å². The van der Waals surface area contributed by atoms with Gasteiger partial charge in [-0.05, 0) is 22.9 Å². The second-order valence-electron chi connectivity index (χ2n) is 5.71. The van der Waals surface area contributed by atoms with E-state index in [0.29, 0.717) is 0 Å². The van der Waals surface area contributed by atoms with Gasteiger partial charge in [-0.1, -0.05) is 17.3 Å². The molecule has 1 aliphatic heterocycles. The Morgan fingerprint density at radius 2 is 1.92 bits per heavy atom. The van der Waals surface area contributed by atoms with Crippen molar-refractivity contribution < 1.29 is 9.32 Å². The second kappa shape index (κ2) is 6.88. The van der Waals surface area contributed by atoms with Gasteiger partial charge in [-0.15, -0.1) is 22.7 Å². The molecule has 0 spiro atoms. The highest BCUT2D eigenvalue weighted by molar-refractivity contribution is 7.13. The average Bonchev–Trinajstić information content (AvgIpc) is 3.36. The smallest absolute Gasteiger partial charge is 0.264 e. The van der Waals surface area contributed by atoms with E-state index in [9.17, 15) is 4.79 Å². The van der Waals surface area contributed by atoms with Crippen LogP contribution < -0.4 is 0 Å². The summed E-state index contributed by atoms with van der Waals surface area (Å²) in [4.78, 5) is 18.5. The highest BCUT2D eigenvalue weighted by atomic mass is 32.1. The molecule has 1 fully saturated rings. The lowest BCUT2D eigenvalue weighted by atomic mass is 10.2. The van der Waals surface area contributed by atoms with Gasteiger partial charge in [-0.25, -0.2) is 0 Å². The first-order valence-corrected chi connectivity index (χ1v) is 9.60. The van der Waals surface area contributed by atoms with Crippen molar-refractivity contribution in [2.24, 2.45) is 0 Å². The number of thiophene rings is 2. The van der Waals surface area contributed by atoms with Gasteiger partial charge < -0.3 is 9.42 Å². The van der Waals surface area contributed by atoms with E-state index in [4.69, 9.17) is 4.52 Å².